The summed E-state index contributed by atoms with van der Waals surface area (Å²) in [5.74, 6) is 0.697. The number of aliphatic hydroxyl groups is 1. The minimum absolute atomic E-state index is 0.0166. The molecular weight excluding hydrogens is 435 g/mol. The quantitative estimate of drug-likeness (QED) is 0.611. The Morgan fingerprint density at radius 3 is 2.91 bits per heavy atom. The van der Waals surface area contributed by atoms with E-state index in [9.17, 15) is 14.3 Å². The lowest BCUT2D eigenvalue weighted by molar-refractivity contribution is 0.176. The summed E-state index contributed by atoms with van der Waals surface area (Å²) in [5, 5.41) is 12.5. The van der Waals surface area contributed by atoms with Crippen molar-refractivity contribution in [3.8, 4) is 0 Å². The molecule has 0 unspecified atom stereocenters. The van der Waals surface area contributed by atoms with Gasteiger partial charge in [-0.1, -0.05) is 17.7 Å². The molecule has 8 nitrogen and oxygen atoms in total. The molecular formula is C22H22ClFN6O2. The molecule has 166 valence electrons. The number of aromatic nitrogens is 4. The normalized spacial score (nSPS) is 14.1. The van der Waals surface area contributed by atoms with Crippen molar-refractivity contribution in [3.63, 3.8) is 0 Å². The lowest BCUT2D eigenvalue weighted by Gasteiger charge is -2.30. The van der Waals surface area contributed by atoms with Crippen molar-refractivity contribution in [2.24, 2.45) is 0 Å². The van der Waals surface area contributed by atoms with Crippen LogP contribution in [0.4, 0.5) is 9.18 Å². The molecule has 4 rings (SSSR count). The number of carbonyl (C=O) groups excluding carboxylic acids is 1. The van der Waals surface area contributed by atoms with E-state index in [1.807, 2.05) is 13.0 Å². The molecule has 0 bridgehead atoms. The molecule has 0 aliphatic carbocycles. The third-order valence-corrected chi connectivity index (χ3v) is 5.59. The topological polar surface area (TPSA) is 104 Å². The van der Waals surface area contributed by atoms with Gasteiger partial charge in [-0.3, -0.25) is 0 Å². The molecule has 1 aromatic carbocycles. The first-order chi connectivity index (χ1) is 15.4. The van der Waals surface area contributed by atoms with Gasteiger partial charge in [-0.15, -0.1) is 0 Å². The Morgan fingerprint density at radius 2 is 2.16 bits per heavy atom. The van der Waals surface area contributed by atoms with Crippen LogP contribution < -0.4 is 5.32 Å². The summed E-state index contributed by atoms with van der Waals surface area (Å²) in [5.41, 5.74) is 3.03. The first-order valence-electron chi connectivity index (χ1n) is 10.2. The monoisotopic (exact) mass is 456 g/mol. The third-order valence-electron chi connectivity index (χ3n) is 5.28. The Balaban J connectivity index is 1.45. The van der Waals surface area contributed by atoms with Crippen LogP contribution in [-0.4, -0.2) is 49.1 Å². The molecule has 32 heavy (non-hydrogen) atoms. The molecule has 2 N–H and O–H groups in total. The van der Waals surface area contributed by atoms with Crippen molar-refractivity contribution < 1.29 is 14.3 Å². The zero-order chi connectivity index (χ0) is 22.7. The first-order valence-corrected chi connectivity index (χ1v) is 10.5. The standard InChI is InChI=1S/C22H22ClFN6O2/c1-13-25-6-4-16(27-13)9-21-26-10-15-5-7-30(11-19(15)28-21)22(32)29-20(12-31)14-2-3-17(23)18(24)8-14/h2-4,6,8,10,20,31H,5,7,9,11-12H2,1H3,(H,29,32)/t20-/m1/s1. The van der Waals surface area contributed by atoms with Gasteiger partial charge < -0.3 is 15.3 Å². The van der Waals surface area contributed by atoms with Gasteiger partial charge in [-0.05, 0) is 42.7 Å². The number of urea groups is 1. The van der Waals surface area contributed by atoms with Crippen molar-refractivity contribution in [3.05, 3.63) is 81.7 Å². The van der Waals surface area contributed by atoms with E-state index in [4.69, 9.17) is 11.6 Å². The molecule has 1 aliphatic rings. The van der Waals surface area contributed by atoms with Crippen LogP contribution in [0.2, 0.25) is 5.02 Å². The van der Waals surface area contributed by atoms with Gasteiger partial charge in [0, 0.05) is 18.9 Å². The average molecular weight is 457 g/mol. The molecule has 0 spiro atoms. The van der Waals surface area contributed by atoms with E-state index in [0.29, 0.717) is 43.1 Å². The Kier molecular flexibility index (Phi) is 6.57. The number of carbonyl (C=O) groups is 1. The highest BCUT2D eigenvalue weighted by Gasteiger charge is 2.25. The van der Waals surface area contributed by atoms with Gasteiger partial charge in [0.25, 0.3) is 0 Å². The summed E-state index contributed by atoms with van der Waals surface area (Å²) in [6.07, 6.45) is 4.59. The Labute approximate surface area is 189 Å². The molecule has 0 fully saturated rings. The summed E-state index contributed by atoms with van der Waals surface area (Å²) in [7, 11) is 0. The second kappa shape index (κ2) is 9.54. The van der Waals surface area contributed by atoms with Gasteiger partial charge >= 0.3 is 6.03 Å². The lowest BCUT2D eigenvalue weighted by Crippen LogP contribution is -2.45. The highest BCUT2D eigenvalue weighted by molar-refractivity contribution is 6.30. The zero-order valence-corrected chi connectivity index (χ0v) is 18.2. The SMILES string of the molecule is Cc1nccc(Cc2ncc3c(n2)CN(C(=O)N[C@H](CO)c2ccc(Cl)c(F)c2)CC3)n1. The second-order valence-corrected chi connectivity index (χ2v) is 7.97. The molecule has 2 aromatic heterocycles. The lowest BCUT2D eigenvalue weighted by atomic mass is 10.1. The minimum atomic E-state index is -0.752. The first kappa shape index (κ1) is 22.0. The summed E-state index contributed by atoms with van der Waals surface area (Å²) in [4.78, 5) is 32.0. The summed E-state index contributed by atoms with van der Waals surface area (Å²) < 4.78 is 13.8. The fraction of sp³-hybridized carbons (Fsp3) is 0.318. The van der Waals surface area contributed by atoms with Gasteiger partial charge in [0.2, 0.25) is 0 Å². The number of amides is 2. The number of hydrogen-bond donors (Lipinski definition) is 2. The Morgan fingerprint density at radius 1 is 1.31 bits per heavy atom. The number of nitrogens with zero attached hydrogens (tertiary/aromatic N) is 5. The van der Waals surface area contributed by atoms with E-state index in [0.717, 1.165) is 17.0 Å². The average Bonchev–Trinajstić information content (AvgIpc) is 2.78. The molecule has 3 heterocycles. The largest absolute Gasteiger partial charge is 0.394 e. The number of fused-ring (bicyclic) bond motifs is 1. The Hall–Kier alpha value is -3.17. The third kappa shape index (κ3) is 5.00. The predicted octanol–water partition coefficient (Wildman–Crippen LogP) is 2.76. The van der Waals surface area contributed by atoms with Crippen LogP contribution in [0.5, 0.6) is 0 Å². The van der Waals surface area contributed by atoms with E-state index in [2.05, 4.69) is 25.3 Å². The molecule has 2 amide bonds. The number of rotatable bonds is 5. The molecule has 0 saturated carbocycles. The van der Waals surface area contributed by atoms with Crippen LogP contribution in [0.15, 0.2) is 36.7 Å². The molecule has 0 radical (unpaired) electrons. The zero-order valence-electron chi connectivity index (χ0n) is 17.4. The van der Waals surface area contributed by atoms with Gasteiger partial charge in [-0.25, -0.2) is 29.1 Å². The molecule has 0 saturated heterocycles. The van der Waals surface area contributed by atoms with E-state index >= 15 is 0 Å². The summed E-state index contributed by atoms with van der Waals surface area (Å²) in [6, 6.07) is 4.89. The van der Waals surface area contributed by atoms with Crippen molar-refractivity contribution in [2.45, 2.75) is 32.4 Å². The van der Waals surface area contributed by atoms with E-state index in [1.54, 1.807) is 23.4 Å². The maximum absolute atomic E-state index is 13.8. The number of halogens is 2. The van der Waals surface area contributed by atoms with Gasteiger partial charge in [0.05, 0.1) is 42.0 Å². The van der Waals surface area contributed by atoms with Crippen molar-refractivity contribution in [1.82, 2.24) is 30.2 Å². The summed E-state index contributed by atoms with van der Waals surface area (Å²) in [6.45, 7) is 2.25. The van der Waals surface area contributed by atoms with Gasteiger partial charge in [-0.2, -0.15) is 0 Å². The smallest absolute Gasteiger partial charge is 0.318 e. The van der Waals surface area contributed by atoms with Crippen LogP contribution >= 0.6 is 11.6 Å². The van der Waals surface area contributed by atoms with Crippen LogP contribution in [0.1, 0.15) is 40.2 Å². The predicted molar refractivity (Wildman–Crippen MR) is 115 cm³/mol. The molecule has 1 atom stereocenters. The Bertz CT molecular complexity index is 1150. The molecule has 10 heteroatoms. The second-order valence-electron chi connectivity index (χ2n) is 7.56. The van der Waals surface area contributed by atoms with Gasteiger partial charge in [0.1, 0.15) is 17.5 Å². The van der Waals surface area contributed by atoms with Crippen LogP contribution in [-0.2, 0) is 19.4 Å². The van der Waals surface area contributed by atoms with E-state index in [-0.39, 0.29) is 17.7 Å². The maximum atomic E-state index is 13.8. The number of nitrogens with one attached hydrogen (secondary N) is 1. The summed E-state index contributed by atoms with van der Waals surface area (Å²) >= 11 is 5.72. The number of hydrogen-bond acceptors (Lipinski definition) is 6. The van der Waals surface area contributed by atoms with Crippen molar-refractivity contribution >= 4 is 17.6 Å². The van der Waals surface area contributed by atoms with E-state index < -0.39 is 11.9 Å². The minimum Gasteiger partial charge on any atom is -0.394 e. The number of aryl methyl sites for hydroxylation is 1. The van der Waals surface area contributed by atoms with Crippen LogP contribution in [0.3, 0.4) is 0 Å². The van der Waals surface area contributed by atoms with E-state index in [1.165, 1.54) is 12.1 Å². The van der Waals surface area contributed by atoms with Crippen molar-refractivity contribution in [2.75, 3.05) is 13.2 Å². The number of benzene rings is 1. The maximum Gasteiger partial charge on any atom is 0.318 e. The highest BCUT2D eigenvalue weighted by atomic mass is 35.5. The molecule has 3 aromatic rings. The fourth-order valence-electron chi connectivity index (χ4n) is 3.57. The van der Waals surface area contributed by atoms with Gasteiger partial charge in [0.15, 0.2) is 0 Å². The van der Waals surface area contributed by atoms with Crippen LogP contribution in [0, 0.1) is 12.7 Å². The molecule has 1 aliphatic heterocycles. The highest BCUT2D eigenvalue weighted by Crippen LogP contribution is 2.22. The van der Waals surface area contributed by atoms with Crippen molar-refractivity contribution in [1.29, 1.82) is 0 Å². The fourth-order valence-corrected chi connectivity index (χ4v) is 3.69. The number of aliphatic hydroxyl groups excluding tert-OH is 1. The van der Waals surface area contributed by atoms with Crippen LogP contribution in [0.25, 0.3) is 0 Å².